The predicted octanol–water partition coefficient (Wildman–Crippen LogP) is 2.83. The lowest BCUT2D eigenvalue weighted by Crippen LogP contribution is -1.91. The van der Waals surface area contributed by atoms with E-state index in [9.17, 15) is 4.79 Å². The Hall–Kier alpha value is -1.75. The number of nitrogens with zero attached hydrogens (tertiary/aromatic N) is 1. The van der Waals surface area contributed by atoms with Crippen molar-refractivity contribution in [1.82, 2.24) is 4.98 Å². The van der Waals surface area contributed by atoms with Crippen LogP contribution in [-0.2, 0) is 0 Å². The van der Waals surface area contributed by atoms with E-state index in [1.807, 2.05) is 19.1 Å². The zero-order valence-electron chi connectivity index (χ0n) is 8.51. The van der Waals surface area contributed by atoms with Crippen LogP contribution in [0.3, 0.4) is 0 Å². The lowest BCUT2D eigenvalue weighted by Gasteiger charge is -2.00. The number of pyridine rings is 1. The quantitative estimate of drug-likeness (QED) is 0.886. The fourth-order valence-corrected chi connectivity index (χ4v) is 1.96. The second-order valence-electron chi connectivity index (χ2n) is 3.15. The molecule has 0 saturated carbocycles. The topological polar surface area (TPSA) is 63.3 Å². The van der Waals surface area contributed by atoms with Gasteiger partial charge in [0, 0.05) is 6.20 Å². The number of rotatable bonds is 3. The second-order valence-corrected chi connectivity index (χ2v) is 4.14. The molecule has 0 bridgehead atoms. The van der Waals surface area contributed by atoms with Gasteiger partial charge in [0.15, 0.2) is 5.09 Å². The minimum atomic E-state index is -1.07. The molecule has 0 aliphatic rings. The van der Waals surface area contributed by atoms with Crippen molar-refractivity contribution in [2.45, 2.75) is 17.0 Å². The number of furan rings is 1. The molecule has 0 saturated heterocycles. The number of hydrogen-bond acceptors (Lipinski definition) is 4. The van der Waals surface area contributed by atoms with Crippen LogP contribution in [0.2, 0.25) is 0 Å². The van der Waals surface area contributed by atoms with Crippen LogP contribution < -0.4 is 0 Å². The summed E-state index contributed by atoms with van der Waals surface area (Å²) in [5.74, 6) is -1.12. The molecule has 4 nitrogen and oxygen atoms in total. The molecule has 0 aliphatic carbocycles. The minimum Gasteiger partial charge on any atom is -0.475 e. The third-order valence-electron chi connectivity index (χ3n) is 1.95. The number of aryl methyl sites for hydroxylation is 1. The van der Waals surface area contributed by atoms with Gasteiger partial charge in [-0.3, -0.25) is 0 Å². The van der Waals surface area contributed by atoms with E-state index in [1.54, 1.807) is 12.3 Å². The molecule has 0 spiro atoms. The molecule has 0 unspecified atom stereocenters. The second kappa shape index (κ2) is 4.40. The minimum absolute atomic E-state index is 0.0592. The summed E-state index contributed by atoms with van der Waals surface area (Å²) in [6, 6.07) is 6.85. The molecule has 0 amide bonds. The third-order valence-corrected chi connectivity index (χ3v) is 2.99. The predicted molar refractivity (Wildman–Crippen MR) is 58.8 cm³/mol. The van der Waals surface area contributed by atoms with E-state index in [2.05, 4.69) is 4.98 Å². The maximum absolute atomic E-state index is 10.6. The summed E-state index contributed by atoms with van der Waals surface area (Å²) in [5, 5.41) is 10.0. The summed E-state index contributed by atoms with van der Waals surface area (Å²) >= 11 is 1.31. The fraction of sp³-hybridized carbons (Fsp3) is 0.0909. The van der Waals surface area contributed by atoms with E-state index in [1.165, 1.54) is 17.8 Å². The molecule has 2 heterocycles. The van der Waals surface area contributed by atoms with Gasteiger partial charge in [-0.25, -0.2) is 9.78 Å². The SMILES string of the molecule is Cc1cccnc1Sc1ccc(C(=O)O)o1. The molecular weight excluding hydrogens is 226 g/mol. The molecule has 0 fully saturated rings. The van der Waals surface area contributed by atoms with Crippen LogP contribution in [0.1, 0.15) is 16.1 Å². The Morgan fingerprint density at radius 2 is 2.25 bits per heavy atom. The summed E-state index contributed by atoms with van der Waals surface area (Å²) in [4.78, 5) is 14.8. The first-order chi connectivity index (χ1) is 7.66. The largest absolute Gasteiger partial charge is 0.475 e. The van der Waals surface area contributed by atoms with Gasteiger partial charge in [-0.05, 0) is 42.4 Å². The van der Waals surface area contributed by atoms with Crippen LogP contribution in [0, 0.1) is 6.92 Å². The Balaban J connectivity index is 2.21. The average molecular weight is 235 g/mol. The van der Waals surface area contributed by atoms with Crippen LogP contribution in [0.4, 0.5) is 0 Å². The number of carboxylic acid groups (broad SMARTS) is 1. The van der Waals surface area contributed by atoms with E-state index in [0.29, 0.717) is 5.09 Å². The third kappa shape index (κ3) is 2.25. The van der Waals surface area contributed by atoms with Crippen molar-refractivity contribution in [1.29, 1.82) is 0 Å². The van der Waals surface area contributed by atoms with Gasteiger partial charge in [0.2, 0.25) is 5.76 Å². The van der Waals surface area contributed by atoms with Crippen LogP contribution in [-0.4, -0.2) is 16.1 Å². The molecule has 2 aromatic heterocycles. The van der Waals surface area contributed by atoms with Crippen molar-refractivity contribution in [3.05, 3.63) is 41.8 Å². The Bertz CT molecular complexity index is 521. The Morgan fingerprint density at radius 3 is 2.88 bits per heavy atom. The van der Waals surface area contributed by atoms with Gasteiger partial charge in [0.1, 0.15) is 5.03 Å². The highest BCUT2D eigenvalue weighted by Gasteiger charge is 2.11. The summed E-state index contributed by atoms with van der Waals surface area (Å²) in [6.45, 7) is 1.94. The Morgan fingerprint density at radius 1 is 1.44 bits per heavy atom. The molecule has 2 rings (SSSR count). The maximum atomic E-state index is 10.6. The molecule has 0 aliphatic heterocycles. The number of carbonyl (C=O) groups is 1. The van der Waals surface area contributed by atoms with Crippen molar-refractivity contribution >= 4 is 17.7 Å². The first-order valence-corrected chi connectivity index (χ1v) is 5.41. The van der Waals surface area contributed by atoms with Crippen LogP contribution in [0.15, 0.2) is 45.0 Å². The Labute approximate surface area is 96.3 Å². The number of aromatic nitrogens is 1. The van der Waals surface area contributed by atoms with Gasteiger partial charge in [-0.15, -0.1) is 0 Å². The van der Waals surface area contributed by atoms with Crippen LogP contribution >= 0.6 is 11.8 Å². The molecule has 82 valence electrons. The highest BCUT2D eigenvalue weighted by molar-refractivity contribution is 7.99. The van der Waals surface area contributed by atoms with Gasteiger partial charge in [0.05, 0.1) is 0 Å². The van der Waals surface area contributed by atoms with Crippen molar-refractivity contribution < 1.29 is 14.3 Å². The molecule has 0 atom stereocenters. The molecule has 0 aromatic carbocycles. The zero-order valence-corrected chi connectivity index (χ0v) is 9.32. The highest BCUT2D eigenvalue weighted by atomic mass is 32.2. The van der Waals surface area contributed by atoms with Crippen molar-refractivity contribution in [2.75, 3.05) is 0 Å². The first-order valence-electron chi connectivity index (χ1n) is 4.59. The fourth-order valence-electron chi connectivity index (χ4n) is 1.16. The van der Waals surface area contributed by atoms with Gasteiger partial charge < -0.3 is 9.52 Å². The number of carboxylic acids is 1. The van der Waals surface area contributed by atoms with E-state index in [-0.39, 0.29) is 5.76 Å². The monoisotopic (exact) mass is 235 g/mol. The van der Waals surface area contributed by atoms with E-state index >= 15 is 0 Å². The van der Waals surface area contributed by atoms with Gasteiger partial charge >= 0.3 is 5.97 Å². The lowest BCUT2D eigenvalue weighted by molar-refractivity contribution is 0.0656. The van der Waals surface area contributed by atoms with Gasteiger partial charge in [-0.1, -0.05) is 6.07 Å². The van der Waals surface area contributed by atoms with Crippen molar-refractivity contribution in [3.8, 4) is 0 Å². The lowest BCUT2D eigenvalue weighted by atomic mass is 10.3. The number of aromatic carboxylic acids is 1. The number of hydrogen-bond donors (Lipinski definition) is 1. The molecule has 5 heteroatoms. The highest BCUT2D eigenvalue weighted by Crippen LogP contribution is 2.29. The molecular formula is C11H9NO3S. The average Bonchev–Trinajstić information content (AvgIpc) is 2.70. The zero-order chi connectivity index (χ0) is 11.5. The van der Waals surface area contributed by atoms with Gasteiger partial charge in [0.25, 0.3) is 0 Å². The maximum Gasteiger partial charge on any atom is 0.371 e. The first kappa shape index (κ1) is 10.8. The standard InChI is InChI=1S/C11H9NO3S/c1-7-3-2-6-12-10(7)16-9-5-4-8(15-9)11(13)14/h2-6H,1H3,(H,13,14). The van der Waals surface area contributed by atoms with E-state index < -0.39 is 5.97 Å². The van der Waals surface area contributed by atoms with Gasteiger partial charge in [-0.2, -0.15) is 0 Å². The summed E-state index contributed by atoms with van der Waals surface area (Å²) in [7, 11) is 0. The van der Waals surface area contributed by atoms with Crippen molar-refractivity contribution in [3.63, 3.8) is 0 Å². The van der Waals surface area contributed by atoms with Crippen LogP contribution in [0.5, 0.6) is 0 Å². The normalized spacial score (nSPS) is 10.3. The summed E-state index contributed by atoms with van der Waals surface area (Å²) < 4.78 is 5.13. The summed E-state index contributed by atoms with van der Waals surface area (Å²) in [5.41, 5.74) is 1.03. The molecule has 1 N–H and O–H groups in total. The molecule has 0 radical (unpaired) electrons. The Kier molecular flexibility index (Phi) is 2.96. The van der Waals surface area contributed by atoms with E-state index in [4.69, 9.17) is 9.52 Å². The summed E-state index contributed by atoms with van der Waals surface area (Å²) in [6.07, 6.45) is 1.69. The van der Waals surface area contributed by atoms with Crippen molar-refractivity contribution in [2.24, 2.45) is 0 Å². The van der Waals surface area contributed by atoms with E-state index in [0.717, 1.165) is 10.6 Å². The van der Waals surface area contributed by atoms with Crippen LogP contribution in [0.25, 0.3) is 0 Å². The molecule has 2 aromatic rings. The molecule has 16 heavy (non-hydrogen) atoms. The smallest absolute Gasteiger partial charge is 0.371 e.